The highest BCUT2D eigenvalue weighted by Gasteiger charge is 2.21. The summed E-state index contributed by atoms with van der Waals surface area (Å²) >= 11 is 5.98. The molecule has 0 bridgehead atoms. The van der Waals surface area contributed by atoms with E-state index in [0.717, 1.165) is 55.4 Å². The number of fused-ring (bicyclic) bond motifs is 1. The Morgan fingerprint density at radius 2 is 2.26 bits per heavy atom. The number of halogens is 1. The summed E-state index contributed by atoms with van der Waals surface area (Å²) in [7, 11) is 0. The fraction of sp³-hybridized carbons (Fsp3) is 0.500. The fourth-order valence-corrected chi connectivity index (χ4v) is 3.33. The predicted molar refractivity (Wildman–Crippen MR) is 94.1 cm³/mol. The van der Waals surface area contributed by atoms with Crippen LogP contribution < -0.4 is 5.56 Å². The van der Waals surface area contributed by atoms with Gasteiger partial charge in [0.15, 0.2) is 0 Å². The average molecular weight is 335 g/mol. The topological polar surface area (TPSA) is 45.3 Å². The number of pyridine rings is 1. The van der Waals surface area contributed by atoms with E-state index in [-0.39, 0.29) is 5.56 Å². The Hall–Kier alpha value is -1.36. The van der Waals surface area contributed by atoms with Crippen LogP contribution >= 0.6 is 11.6 Å². The van der Waals surface area contributed by atoms with Crippen LogP contribution in [0.25, 0.3) is 10.9 Å². The molecule has 1 aromatic heterocycles. The van der Waals surface area contributed by atoms with Gasteiger partial charge in [-0.2, -0.15) is 0 Å². The second-order valence-corrected chi connectivity index (χ2v) is 6.66. The van der Waals surface area contributed by atoms with Crippen molar-refractivity contribution in [3.05, 3.63) is 45.2 Å². The molecule has 0 amide bonds. The third kappa shape index (κ3) is 4.14. The van der Waals surface area contributed by atoms with Crippen LogP contribution in [0.4, 0.5) is 0 Å². The minimum atomic E-state index is -0.0311. The van der Waals surface area contributed by atoms with Crippen molar-refractivity contribution < 1.29 is 4.74 Å². The second kappa shape index (κ2) is 7.47. The maximum absolute atomic E-state index is 12.3. The van der Waals surface area contributed by atoms with Gasteiger partial charge in [-0.15, -0.1) is 0 Å². The number of piperidine rings is 1. The van der Waals surface area contributed by atoms with Crippen molar-refractivity contribution in [1.29, 1.82) is 0 Å². The van der Waals surface area contributed by atoms with Crippen LogP contribution in [0, 0.1) is 0 Å². The Labute approximate surface area is 141 Å². The van der Waals surface area contributed by atoms with Crippen molar-refractivity contribution >= 4 is 22.5 Å². The van der Waals surface area contributed by atoms with Crippen molar-refractivity contribution in [2.24, 2.45) is 0 Å². The van der Waals surface area contributed by atoms with Gasteiger partial charge in [0.2, 0.25) is 0 Å². The van der Waals surface area contributed by atoms with Gasteiger partial charge in [0.25, 0.3) is 5.56 Å². The third-order valence-electron chi connectivity index (χ3n) is 4.30. The summed E-state index contributed by atoms with van der Waals surface area (Å²) in [6.45, 7) is 5.53. The van der Waals surface area contributed by atoms with Crippen LogP contribution in [0.1, 0.15) is 31.7 Å². The second-order valence-electron chi connectivity index (χ2n) is 6.23. The van der Waals surface area contributed by atoms with Crippen LogP contribution in [0.15, 0.2) is 29.1 Å². The molecular formula is C18H23ClN2O2. The zero-order chi connectivity index (χ0) is 16.2. The summed E-state index contributed by atoms with van der Waals surface area (Å²) in [5, 5.41) is 1.65. The molecule has 4 nitrogen and oxygen atoms in total. The molecule has 3 rings (SSSR count). The van der Waals surface area contributed by atoms with Gasteiger partial charge in [-0.25, -0.2) is 0 Å². The van der Waals surface area contributed by atoms with E-state index < -0.39 is 0 Å². The molecule has 1 saturated heterocycles. The minimum Gasteiger partial charge on any atom is -0.377 e. The van der Waals surface area contributed by atoms with Gasteiger partial charge in [-0.05, 0) is 49.4 Å². The molecule has 1 unspecified atom stereocenters. The lowest BCUT2D eigenvalue weighted by Gasteiger charge is -2.32. The molecule has 2 aromatic rings. The van der Waals surface area contributed by atoms with Gasteiger partial charge >= 0.3 is 0 Å². The Morgan fingerprint density at radius 3 is 3.09 bits per heavy atom. The SMILES string of the molecule is CCCOC1CCCN(Cc2cc3ccc(Cl)cc3[nH]c2=O)C1. The van der Waals surface area contributed by atoms with Gasteiger partial charge in [0, 0.05) is 35.8 Å². The van der Waals surface area contributed by atoms with E-state index in [0.29, 0.717) is 17.7 Å². The molecule has 124 valence electrons. The number of H-pyrrole nitrogens is 1. The highest BCUT2D eigenvalue weighted by atomic mass is 35.5. The molecular weight excluding hydrogens is 312 g/mol. The van der Waals surface area contributed by atoms with Crippen LogP contribution in [-0.4, -0.2) is 35.7 Å². The number of aromatic amines is 1. The highest BCUT2D eigenvalue weighted by molar-refractivity contribution is 6.31. The molecule has 1 atom stereocenters. The summed E-state index contributed by atoms with van der Waals surface area (Å²) < 4.78 is 5.87. The molecule has 1 aliphatic rings. The molecule has 0 spiro atoms. The largest absolute Gasteiger partial charge is 0.377 e. The lowest BCUT2D eigenvalue weighted by Crippen LogP contribution is -2.40. The number of nitrogens with zero attached hydrogens (tertiary/aromatic N) is 1. The maximum Gasteiger partial charge on any atom is 0.252 e. The number of hydrogen-bond acceptors (Lipinski definition) is 3. The summed E-state index contributed by atoms with van der Waals surface area (Å²) in [5.41, 5.74) is 1.56. The summed E-state index contributed by atoms with van der Waals surface area (Å²) in [5.74, 6) is 0. The molecule has 0 aliphatic carbocycles. The van der Waals surface area contributed by atoms with Gasteiger partial charge in [0.1, 0.15) is 0 Å². The normalized spacial score (nSPS) is 19.3. The monoisotopic (exact) mass is 334 g/mol. The first kappa shape index (κ1) is 16.5. The Morgan fingerprint density at radius 1 is 1.39 bits per heavy atom. The van der Waals surface area contributed by atoms with Gasteiger partial charge in [0.05, 0.1) is 6.10 Å². The summed E-state index contributed by atoms with van der Waals surface area (Å²) in [6, 6.07) is 7.56. The van der Waals surface area contributed by atoms with E-state index in [1.54, 1.807) is 6.07 Å². The van der Waals surface area contributed by atoms with E-state index in [9.17, 15) is 4.79 Å². The molecule has 2 heterocycles. The van der Waals surface area contributed by atoms with E-state index in [4.69, 9.17) is 16.3 Å². The lowest BCUT2D eigenvalue weighted by molar-refractivity contribution is -0.00231. The number of aromatic nitrogens is 1. The average Bonchev–Trinajstić information content (AvgIpc) is 2.54. The first-order valence-corrected chi connectivity index (χ1v) is 8.69. The minimum absolute atomic E-state index is 0.0311. The molecule has 1 aliphatic heterocycles. The van der Waals surface area contributed by atoms with Crippen molar-refractivity contribution in [1.82, 2.24) is 9.88 Å². The number of hydrogen-bond donors (Lipinski definition) is 1. The van der Waals surface area contributed by atoms with E-state index >= 15 is 0 Å². The van der Waals surface area contributed by atoms with Crippen LogP contribution in [0.2, 0.25) is 5.02 Å². The number of ether oxygens (including phenoxy) is 1. The molecule has 1 N–H and O–H groups in total. The number of benzene rings is 1. The highest BCUT2D eigenvalue weighted by Crippen LogP contribution is 2.19. The molecule has 1 aromatic carbocycles. The van der Waals surface area contributed by atoms with Crippen LogP contribution in [-0.2, 0) is 11.3 Å². The fourth-order valence-electron chi connectivity index (χ4n) is 3.15. The van der Waals surface area contributed by atoms with E-state index in [1.807, 2.05) is 18.2 Å². The third-order valence-corrected chi connectivity index (χ3v) is 4.53. The zero-order valence-electron chi connectivity index (χ0n) is 13.5. The Kier molecular flexibility index (Phi) is 5.36. The van der Waals surface area contributed by atoms with Crippen molar-refractivity contribution in [3.63, 3.8) is 0 Å². The molecule has 0 radical (unpaired) electrons. The molecule has 0 saturated carbocycles. The number of rotatable bonds is 5. The number of nitrogens with one attached hydrogen (secondary N) is 1. The molecule has 23 heavy (non-hydrogen) atoms. The molecule has 5 heteroatoms. The van der Waals surface area contributed by atoms with Gasteiger partial charge in [-0.3, -0.25) is 9.69 Å². The predicted octanol–water partition coefficient (Wildman–Crippen LogP) is 3.57. The quantitative estimate of drug-likeness (QED) is 0.909. The summed E-state index contributed by atoms with van der Waals surface area (Å²) in [4.78, 5) is 17.6. The zero-order valence-corrected chi connectivity index (χ0v) is 14.2. The van der Waals surface area contributed by atoms with E-state index in [2.05, 4.69) is 16.8 Å². The van der Waals surface area contributed by atoms with Gasteiger partial charge < -0.3 is 9.72 Å². The Bertz CT molecular complexity index is 729. The Balaban J connectivity index is 1.74. The van der Waals surface area contributed by atoms with Crippen molar-refractivity contribution in [3.8, 4) is 0 Å². The van der Waals surface area contributed by atoms with Crippen LogP contribution in [0.5, 0.6) is 0 Å². The summed E-state index contributed by atoms with van der Waals surface area (Å²) in [6.07, 6.45) is 3.57. The molecule has 1 fully saturated rings. The van der Waals surface area contributed by atoms with Crippen LogP contribution in [0.3, 0.4) is 0 Å². The van der Waals surface area contributed by atoms with E-state index in [1.165, 1.54) is 0 Å². The standard InChI is InChI=1S/C18H23ClN2O2/c1-2-8-23-16-4-3-7-21(12-16)11-14-9-13-5-6-15(19)10-17(13)20-18(14)22/h5-6,9-10,16H,2-4,7-8,11-12H2,1H3,(H,20,22). The van der Waals surface area contributed by atoms with Crippen molar-refractivity contribution in [2.75, 3.05) is 19.7 Å². The van der Waals surface area contributed by atoms with Crippen molar-refractivity contribution in [2.45, 2.75) is 38.8 Å². The lowest BCUT2D eigenvalue weighted by atomic mass is 10.1. The van der Waals surface area contributed by atoms with Gasteiger partial charge in [-0.1, -0.05) is 24.6 Å². The maximum atomic E-state index is 12.3. The first-order valence-electron chi connectivity index (χ1n) is 8.31. The first-order chi connectivity index (χ1) is 11.2. The smallest absolute Gasteiger partial charge is 0.252 e. The number of likely N-dealkylation sites (tertiary alicyclic amines) is 1.